The Balaban J connectivity index is 2.14. The van der Waals surface area contributed by atoms with Crippen LogP contribution >= 0.6 is 0 Å². The summed E-state index contributed by atoms with van der Waals surface area (Å²) in [5.41, 5.74) is 2.14. The molecule has 2 aromatic carbocycles. The van der Waals surface area contributed by atoms with E-state index in [1.165, 1.54) is 18.2 Å². The lowest BCUT2D eigenvalue weighted by atomic mass is 10.1. The van der Waals surface area contributed by atoms with Crippen LogP contribution in [0, 0.1) is 6.92 Å². The molecule has 0 unspecified atom stereocenters. The van der Waals surface area contributed by atoms with Crippen molar-refractivity contribution in [3.8, 4) is 11.5 Å². The molecule has 6 heteroatoms. The highest BCUT2D eigenvalue weighted by atomic mass is 16.5. The molecule has 0 radical (unpaired) electrons. The molecule has 0 atom stereocenters. The molecule has 0 aliphatic carbocycles. The van der Waals surface area contributed by atoms with Crippen LogP contribution in [-0.2, 0) is 4.79 Å². The highest BCUT2D eigenvalue weighted by Crippen LogP contribution is 2.28. The maximum absolute atomic E-state index is 12.2. The number of amides is 1. The van der Waals surface area contributed by atoms with Gasteiger partial charge in [-0.1, -0.05) is 12.1 Å². The number of anilines is 1. The van der Waals surface area contributed by atoms with Gasteiger partial charge in [0.05, 0.1) is 19.3 Å². The number of carboxylic acids is 1. The number of benzene rings is 2. The summed E-state index contributed by atoms with van der Waals surface area (Å²) in [6.45, 7) is 4.18. The van der Waals surface area contributed by atoms with Crippen molar-refractivity contribution >= 4 is 23.6 Å². The van der Waals surface area contributed by atoms with Crippen molar-refractivity contribution in [3.63, 3.8) is 0 Å². The molecule has 26 heavy (non-hydrogen) atoms. The molecular formula is C20H21NO5. The second kappa shape index (κ2) is 8.71. The van der Waals surface area contributed by atoms with Crippen LogP contribution < -0.4 is 14.8 Å². The summed E-state index contributed by atoms with van der Waals surface area (Å²) in [4.78, 5) is 23.2. The van der Waals surface area contributed by atoms with Gasteiger partial charge in [0.1, 0.15) is 0 Å². The lowest BCUT2D eigenvalue weighted by Gasteiger charge is -2.10. The van der Waals surface area contributed by atoms with Gasteiger partial charge in [-0.3, -0.25) is 4.79 Å². The van der Waals surface area contributed by atoms with Crippen LogP contribution in [0.1, 0.15) is 28.4 Å². The average Bonchev–Trinajstić information content (AvgIpc) is 2.62. The number of methoxy groups -OCH3 is 1. The molecular weight excluding hydrogens is 334 g/mol. The van der Waals surface area contributed by atoms with E-state index in [-0.39, 0.29) is 11.5 Å². The Morgan fingerprint density at radius 2 is 1.92 bits per heavy atom. The summed E-state index contributed by atoms with van der Waals surface area (Å²) in [6, 6.07) is 9.94. The first-order valence-corrected chi connectivity index (χ1v) is 8.08. The molecule has 0 heterocycles. The summed E-state index contributed by atoms with van der Waals surface area (Å²) in [5, 5.41) is 11.7. The molecule has 1 amide bonds. The van der Waals surface area contributed by atoms with Gasteiger partial charge >= 0.3 is 5.97 Å². The van der Waals surface area contributed by atoms with Gasteiger partial charge < -0.3 is 19.9 Å². The van der Waals surface area contributed by atoms with Crippen molar-refractivity contribution in [2.24, 2.45) is 0 Å². The van der Waals surface area contributed by atoms with Crippen LogP contribution in [0.3, 0.4) is 0 Å². The number of aromatic carboxylic acids is 1. The molecule has 2 N–H and O–H groups in total. The first-order valence-electron chi connectivity index (χ1n) is 8.08. The van der Waals surface area contributed by atoms with E-state index in [1.54, 1.807) is 44.4 Å². The van der Waals surface area contributed by atoms with Crippen LogP contribution in [0.2, 0.25) is 0 Å². The molecule has 0 aromatic heterocycles. The van der Waals surface area contributed by atoms with E-state index in [0.717, 1.165) is 11.1 Å². The quantitative estimate of drug-likeness (QED) is 0.739. The molecule has 136 valence electrons. The second-order valence-electron chi connectivity index (χ2n) is 5.50. The van der Waals surface area contributed by atoms with Crippen molar-refractivity contribution in [1.29, 1.82) is 0 Å². The third-order valence-corrected chi connectivity index (χ3v) is 3.66. The Kier molecular flexibility index (Phi) is 6.38. The summed E-state index contributed by atoms with van der Waals surface area (Å²) >= 11 is 0. The van der Waals surface area contributed by atoms with Crippen LogP contribution in [0.5, 0.6) is 11.5 Å². The normalized spacial score (nSPS) is 10.6. The lowest BCUT2D eigenvalue weighted by molar-refractivity contribution is -0.111. The van der Waals surface area contributed by atoms with E-state index in [1.807, 2.05) is 6.92 Å². The van der Waals surface area contributed by atoms with E-state index in [4.69, 9.17) is 14.6 Å². The van der Waals surface area contributed by atoms with Gasteiger partial charge in [0.2, 0.25) is 5.91 Å². The molecule has 2 rings (SSSR count). The maximum Gasteiger partial charge on any atom is 0.335 e. The largest absolute Gasteiger partial charge is 0.493 e. The average molecular weight is 355 g/mol. The van der Waals surface area contributed by atoms with Gasteiger partial charge in [0.25, 0.3) is 0 Å². The molecule has 0 saturated carbocycles. The van der Waals surface area contributed by atoms with Gasteiger partial charge in [0.15, 0.2) is 11.5 Å². The minimum atomic E-state index is -1.04. The second-order valence-corrected chi connectivity index (χ2v) is 5.50. The number of carboxylic acid groups (broad SMARTS) is 1. The summed E-state index contributed by atoms with van der Waals surface area (Å²) in [7, 11) is 1.56. The third kappa shape index (κ3) is 4.86. The van der Waals surface area contributed by atoms with Gasteiger partial charge in [-0.15, -0.1) is 0 Å². The van der Waals surface area contributed by atoms with E-state index < -0.39 is 5.97 Å². The number of hydrogen-bond acceptors (Lipinski definition) is 4. The minimum absolute atomic E-state index is 0.117. The van der Waals surface area contributed by atoms with E-state index in [0.29, 0.717) is 23.8 Å². The Hall–Kier alpha value is -3.28. The molecule has 2 aromatic rings. The van der Waals surface area contributed by atoms with Crippen LogP contribution in [0.25, 0.3) is 6.08 Å². The zero-order valence-electron chi connectivity index (χ0n) is 14.9. The van der Waals surface area contributed by atoms with E-state index >= 15 is 0 Å². The van der Waals surface area contributed by atoms with Crippen LogP contribution in [-0.4, -0.2) is 30.7 Å². The number of nitrogens with one attached hydrogen (secondary N) is 1. The molecule has 6 nitrogen and oxygen atoms in total. The number of rotatable bonds is 7. The highest BCUT2D eigenvalue weighted by molar-refractivity contribution is 6.03. The molecule has 0 spiro atoms. The first kappa shape index (κ1) is 19.1. The van der Waals surface area contributed by atoms with E-state index in [2.05, 4.69) is 5.32 Å². The number of aryl methyl sites for hydroxylation is 1. The Morgan fingerprint density at radius 3 is 2.58 bits per heavy atom. The van der Waals surface area contributed by atoms with Crippen molar-refractivity contribution in [3.05, 3.63) is 59.2 Å². The molecule has 0 aliphatic heterocycles. The van der Waals surface area contributed by atoms with Crippen molar-refractivity contribution in [2.45, 2.75) is 13.8 Å². The Labute approximate surface area is 152 Å². The fraction of sp³-hybridized carbons (Fsp3) is 0.200. The topological polar surface area (TPSA) is 84.9 Å². The SMILES string of the molecule is CCOc1cc(/C=C/C(=O)Nc2cc(C(=O)O)ccc2C)ccc1OC. The highest BCUT2D eigenvalue weighted by Gasteiger charge is 2.08. The van der Waals surface area contributed by atoms with Crippen molar-refractivity contribution < 1.29 is 24.2 Å². The van der Waals surface area contributed by atoms with Crippen LogP contribution in [0.4, 0.5) is 5.69 Å². The summed E-state index contributed by atoms with van der Waals surface area (Å²) in [6.07, 6.45) is 3.03. The number of carbonyl (C=O) groups excluding carboxylic acids is 1. The van der Waals surface area contributed by atoms with Gasteiger partial charge in [0, 0.05) is 11.8 Å². The fourth-order valence-electron chi connectivity index (χ4n) is 2.30. The van der Waals surface area contributed by atoms with Crippen molar-refractivity contribution in [1.82, 2.24) is 0 Å². The molecule has 0 aliphatic rings. The predicted octanol–water partition coefficient (Wildman–Crippen LogP) is 3.75. The van der Waals surface area contributed by atoms with Gasteiger partial charge in [-0.25, -0.2) is 4.79 Å². The monoisotopic (exact) mass is 355 g/mol. The fourth-order valence-corrected chi connectivity index (χ4v) is 2.30. The van der Waals surface area contributed by atoms with Gasteiger partial charge in [-0.2, -0.15) is 0 Å². The Bertz CT molecular complexity index is 842. The Morgan fingerprint density at radius 1 is 1.15 bits per heavy atom. The number of ether oxygens (including phenoxy) is 2. The van der Waals surface area contributed by atoms with Crippen molar-refractivity contribution in [2.75, 3.05) is 19.0 Å². The summed E-state index contributed by atoms with van der Waals surface area (Å²) in [5.74, 6) is -0.181. The zero-order valence-corrected chi connectivity index (χ0v) is 14.9. The van der Waals surface area contributed by atoms with Gasteiger partial charge in [-0.05, 0) is 55.3 Å². The smallest absolute Gasteiger partial charge is 0.335 e. The lowest BCUT2D eigenvalue weighted by Crippen LogP contribution is -2.10. The summed E-state index contributed by atoms with van der Waals surface area (Å²) < 4.78 is 10.7. The van der Waals surface area contributed by atoms with Crippen LogP contribution in [0.15, 0.2) is 42.5 Å². The number of carbonyl (C=O) groups is 2. The number of hydrogen-bond donors (Lipinski definition) is 2. The minimum Gasteiger partial charge on any atom is -0.493 e. The molecule has 0 saturated heterocycles. The standard InChI is InChI=1S/C20H21NO5/c1-4-26-18-11-14(6-9-17(18)25-3)7-10-19(22)21-16-12-15(20(23)24)8-5-13(16)2/h5-12H,4H2,1-3H3,(H,21,22)(H,23,24)/b10-7+. The van der Waals surface area contributed by atoms with E-state index in [9.17, 15) is 9.59 Å². The zero-order chi connectivity index (χ0) is 19.1. The maximum atomic E-state index is 12.2. The first-order chi connectivity index (χ1) is 12.4. The molecule has 0 bridgehead atoms. The molecule has 0 fully saturated rings. The third-order valence-electron chi connectivity index (χ3n) is 3.66. The predicted molar refractivity (Wildman–Crippen MR) is 100.0 cm³/mol.